The van der Waals surface area contributed by atoms with Gasteiger partial charge < -0.3 is 24.3 Å². The summed E-state index contributed by atoms with van der Waals surface area (Å²) in [5.74, 6) is 0.668. The largest absolute Gasteiger partial charge is 0.493 e. The van der Waals surface area contributed by atoms with Crippen molar-refractivity contribution in [3.63, 3.8) is 0 Å². The number of benzene rings is 3. The zero-order valence-corrected chi connectivity index (χ0v) is 22.8. The first-order valence-electron chi connectivity index (χ1n) is 12.7. The molecule has 0 heterocycles. The smallest absolute Gasteiger partial charge is 0.343 e. The molecule has 0 bridgehead atoms. The summed E-state index contributed by atoms with van der Waals surface area (Å²) >= 11 is 0. The van der Waals surface area contributed by atoms with Crippen molar-refractivity contribution in [2.75, 3.05) is 27.9 Å². The van der Waals surface area contributed by atoms with Gasteiger partial charge in [0.25, 0.3) is 5.91 Å². The van der Waals surface area contributed by atoms with Crippen molar-refractivity contribution in [2.45, 2.75) is 25.7 Å². The molecule has 3 aromatic carbocycles. The second-order valence-corrected chi connectivity index (χ2v) is 8.60. The Bertz CT molecular complexity index is 1300. The van der Waals surface area contributed by atoms with E-state index in [9.17, 15) is 14.4 Å². The zero-order chi connectivity index (χ0) is 28.7. The number of rotatable bonds is 14. The van der Waals surface area contributed by atoms with Gasteiger partial charge in [-0.15, -0.1) is 0 Å². The molecule has 0 saturated carbocycles. The van der Waals surface area contributed by atoms with Gasteiger partial charge >= 0.3 is 5.97 Å². The van der Waals surface area contributed by atoms with Gasteiger partial charge in [-0.05, 0) is 54.8 Å². The van der Waals surface area contributed by atoms with E-state index in [4.69, 9.17) is 18.9 Å². The van der Waals surface area contributed by atoms with Gasteiger partial charge in [0.2, 0.25) is 11.7 Å². The van der Waals surface area contributed by atoms with E-state index in [0.717, 1.165) is 6.42 Å². The summed E-state index contributed by atoms with van der Waals surface area (Å²) in [6.07, 6.45) is 3.89. The standard InChI is InChI=1S/C30H33N3O7/c1-37-25-18-23(19-26(38-2)28(25)39-3)29(35)31-16-9-5-8-15-27(34)33-32-20-21-11-10-14-24(17-21)40-30(36)22-12-6-4-7-13-22/h4,6-7,10-14,17-20H,5,8-9,15-16H2,1-3H3,(H,31,35)(H,33,34). The number of hydrogen-bond acceptors (Lipinski definition) is 8. The van der Waals surface area contributed by atoms with Crippen molar-refractivity contribution in [3.8, 4) is 23.0 Å². The molecule has 2 N–H and O–H groups in total. The maximum absolute atomic E-state index is 12.5. The van der Waals surface area contributed by atoms with Crippen LogP contribution < -0.4 is 29.7 Å². The van der Waals surface area contributed by atoms with Gasteiger partial charge in [-0.25, -0.2) is 10.2 Å². The molecule has 210 valence electrons. The number of esters is 1. The Morgan fingerprint density at radius 1 is 0.800 bits per heavy atom. The normalized spacial score (nSPS) is 10.6. The second-order valence-electron chi connectivity index (χ2n) is 8.60. The van der Waals surface area contributed by atoms with Crippen LogP contribution in [0.3, 0.4) is 0 Å². The lowest BCUT2D eigenvalue weighted by atomic mass is 10.1. The van der Waals surface area contributed by atoms with Crippen LogP contribution in [0.1, 0.15) is 52.0 Å². The van der Waals surface area contributed by atoms with Gasteiger partial charge in [-0.2, -0.15) is 5.10 Å². The topological polar surface area (TPSA) is 125 Å². The number of methoxy groups -OCH3 is 3. The molecule has 0 fully saturated rings. The second kappa shape index (κ2) is 15.5. The number of unbranched alkanes of at least 4 members (excludes halogenated alkanes) is 2. The summed E-state index contributed by atoms with van der Waals surface area (Å²) in [6.45, 7) is 0.459. The van der Waals surface area contributed by atoms with Crippen molar-refractivity contribution >= 4 is 24.0 Å². The molecule has 0 aliphatic carbocycles. The molecule has 0 unspecified atom stereocenters. The highest BCUT2D eigenvalue weighted by atomic mass is 16.5. The molecule has 0 aromatic heterocycles. The monoisotopic (exact) mass is 547 g/mol. The van der Waals surface area contributed by atoms with E-state index >= 15 is 0 Å². The first kappa shape index (κ1) is 29.7. The fourth-order valence-corrected chi connectivity index (χ4v) is 3.74. The average molecular weight is 548 g/mol. The van der Waals surface area contributed by atoms with Crippen LogP contribution in [0, 0.1) is 0 Å². The van der Waals surface area contributed by atoms with Crippen molar-refractivity contribution < 1.29 is 33.3 Å². The van der Waals surface area contributed by atoms with Gasteiger partial charge in [0.1, 0.15) is 5.75 Å². The highest BCUT2D eigenvalue weighted by Gasteiger charge is 2.16. The quantitative estimate of drug-likeness (QED) is 0.101. The molecule has 10 heteroatoms. The Balaban J connectivity index is 1.35. The Labute approximate surface area is 233 Å². The van der Waals surface area contributed by atoms with Crippen molar-refractivity contribution in [1.82, 2.24) is 10.7 Å². The Morgan fingerprint density at radius 3 is 2.20 bits per heavy atom. The Morgan fingerprint density at radius 2 is 1.52 bits per heavy atom. The lowest BCUT2D eigenvalue weighted by molar-refractivity contribution is -0.121. The molecule has 3 aromatic rings. The van der Waals surface area contributed by atoms with E-state index in [0.29, 0.717) is 65.5 Å². The number of carbonyl (C=O) groups excluding carboxylic acids is 3. The van der Waals surface area contributed by atoms with Gasteiger partial charge in [0, 0.05) is 18.5 Å². The minimum atomic E-state index is -0.455. The fourth-order valence-electron chi connectivity index (χ4n) is 3.74. The number of hydrogen-bond donors (Lipinski definition) is 2. The van der Waals surface area contributed by atoms with Crippen LogP contribution in [-0.4, -0.2) is 51.9 Å². The van der Waals surface area contributed by atoms with Gasteiger partial charge in [-0.3, -0.25) is 9.59 Å². The van der Waals surface area contributed by atoms with Crippen molar-refractivity contribution in [3.05, 3.63) is 83.4 Å². The third kappa shape index (κ3) is 8.87. The van der Waals surface area contributed by atoms with Crippen LogP contribution in [0.15, 0.2) is 71.8 Å². The van der Waals surface area contributed by atoms with Crippen LogP contribution in [0.25, 0.3) is 0 Å². The molecule has 0 radical (unpaired) electrons. The van der Waals surface area contributed by atoms with Crippen LogP contribution in [-0.2, 0) is 4.79 Å². The van der Waals surface area contributed by atoms with Crippen molar-refractivity contribution in [1.29, 1.82) is 0 Å². The van der Waals surface area contributed by atoms with Gasteiger partial charge in [-0.1, -0.05) is 36.8 Å². The first-order valence-corrected chi connectivity index (χ1v) is 12.7. The SMILES string of the molecule is COc1cc(C(=O)NCCCCCC(=O)NN=Cc2cccc(OC(=O)c3ccccc3)c2)cc(OC)c1OC. The molecule has 3 rings (SSSR count). The number of nitrogens with one attached hydrogen (secondary N) is 2. The number of amides is 2. The fraction of sp³-hybridized carbons (Fsp3) is 0.267. The molecular weight excluding hydrogens is 514 g/mol. The van der Waals surface area contributed by atoms with Crippen LogP contribution >= 0.6 is 0 Å². The molecule has 0 saturated heterocycles. The van der Waals surface area contributed by atoms with Crippen molar-refractivity contribution in [2.24, 2.45) is 5.10 Å². The lowest BCUT2D eigenvalue weighted by Crippen LogP contribution is -2.24. The predicted molar refractivity (Wildman–Crippen MR) is 150 cm³/mol. The van der Waals surface area contributed by atoms with E-state index in [-0.39, 0.29) is 11.8 Å². The zero-order valence-electron chi connectivity index (χ0n) is 22.8. The summed E-state index contributed by atoms with van der Waals surface area (Å²) in [6, 6.07) is 18.7. The van der Waals surface area contributed by atoms with Gasteiger partial charge in [0.15, 0.2) is 11.5 Å². The minimum Gasteiger partial charge on any atom is -0.493 e. The van der Waals surface area contributed by atoms with E-state index in [2.05, 4.69) is 15.8 Å². The summed E-state index contributed by atoms with van der Waals surface area (Å²) in [5.41, 5.74) is 4.01. The van der Waals surface area contributed by atoms with Crippen LogP contribution in [0.2, 0.25) is 0 Å². The number of hydrazone groups is 1. The molecule has 0 atom stereocenters. The van der Waals surface area contributed by atoms with E-state index in [1.54, 1.807) is 60.7 Å². The third-order valence-electron chi connectivity index (χ3n) is 5.77. The highest BCUT2D eigenvalue weighted by molar-refractivity contribution is 5.95. The molecule has 0 aliphatic heterocycles. The molecule has 0 spiro atoms. The maximum atomic E-state index is 12.5. The summed E-state index contributed by atoms with van der Waals surface area (Å²) in [5, 5.41) is 6.84. The number of nitrogens with zero attached hydrogens (tertiary/aromatic N) is 1. The number of ether oxygens (including phenoxy) is 4. The lowest BCUT2D eigenvalue weighted by Gasteiger charge is -2.14. The Hall–Kier alpha value is -4.86. The summed E-state index contributed by atoms with van der Waals surface area (Å²) in [4.78, 5) is 36.8. The maximum Gasteiger partial charge on any atom is 0.343 e. The summed E-state index contributed by atoms with van der Waals surface area (Å²) < 4.78 is 21.2. The predicted octanol–water partition coefficient (Wildman–Crippen LogP) is 4.37. The summed E-state index contributed by atoms with van der Waals surface area (Å²) in [7, 11) is 4.48. The van der Waals surface area contributed by atoms with Crippen LogP contribution in [0.4, 0.5) is 0 Å². The molecular formula is C30H33N3O7. The molecule has 10 nitrogen and oxygen atoms in total. The first-order chi connectivity index (χ1) is 19.4. The average Bonchev–Trinajstić information content (AvgIpc) is 2.98. The van der Waals surface area contributed by atoms with Crippen LogP contribution in [0.5, 0.6) is 23.0 Å². The van der Waals surface area contributed by atoms with E-state index in [1.807, 2.05) is 6.07 Å². The molecule has 2 amide bonds. The number of carbonyl (C=O) groups is 3. The molecule has 40 heavy (non-hydrogen) atoms. The van der Waals surface area contributed by atoms with E-state index in [1.165, 1.54) is 27.5 Å². The molecule has 0 aliphatic rings. The van der Waals surface area contributed by atoms with E-state index < -0.39 is 5.97 Å². The highest BCUT2D eigenvalue weighted by Crippen LogP contribution is 2.38. The van der Waals surface area contributed by atoms with Gasteiger partial charge in [0.05, 0.1) is 33.1 Å². The minimum absolute atomic E-state index is 0.218. The Kier molecular flexibility index (Phi) is 11.5. The third-order valence-corrected chi connectivity index (χ3v) is 5.77.